The second-order valence-electron chi connectivity index (χ2n) is 4.24. The van der Waals surface area contributed by atoms with E-state index in [0.717, 1.165) is 5.56 Å². The summed E-state index contributed by atoms with van der Waals surface area (Å²) in [6.07, 6.45) is -0.837. The van der Waals surface area contributed by atoms with Crippen molar-refractivity contribution in [3.05, 3.63) is 59.7 Å². The van der Waals surface area contributed by atoms with Gasteiger partial charge in [0.05, 0.1) is 5.69 Å². The van der Waals surface area contributed by atoms with E-state index in [9.17, 15) is 13.6 Å². The van der Waals surface area contributed by atoms with Gasteiger partial charge in [-0.05, 0) is 11.6 Å². The van der Waals surface area contributed by atoms with E-state index in [0.29, 0.717) is 0 Å². The fraction of sp³-hybridized carbons (Fsp3) is 0.0714. The van der Waals surface area contributed by atoms with Gasteiger partial charge in [-0.3, -0.25) is 5.32 Å². The van der Waals surface area contributed by atoms with E-state index in [4.69, 9.17) is 4.74 Å². The van der Waals surface area contributed by atoms with E-state index in [1.807, 2.05) is 18.2 Å². The highest BCUT2D eigenvalue weighted by Gasteiger charge is 2.13. The van der Waals surface area contributed by atoms with Gasteiger partial charge in [0.25, 0.3) is 0 Å². The molecule has 0 saturated heterocycles. The molecule has 0 saturated carbocycles. The highest BCUT2D eigenvalue weighted by molar-refractivity contribution is 6.32. The maximum atomic E-state index is 13.5. The predicted molar refractivity (Wildman–Crippen MR) is 74.8 cm³/mol. The quantitative estimate of drug-likeness (QED) is 0.870. The predicted octanol–water partition coefficient (Wildman–Crippen LogP) is 1.97. The SMILES string of the molecule is Bc1ccc(NC(=O)OCc2ccccc2)c(F)c1F. The third kappa shape index (κ3) is 3.35. The van der Waals surface area contributed by atoms with Crippen molar-refractivity contribution in [3.63, 3.8) is 0 Å². The Morgan fingerprint density at radius 1 is 1.10 bits per heavy atom. The number of nitrogens with one attached hydrogen (secondary N) is 1. The molecule has 0 aromatic heterocycles. The Bertz CT molecular complexity index is 620. The topological polar surface area (TPSA) is 38.3 Å². The molecule has 0 aliphatic rings. The maximum Gasteiger partial charge on any atom is 0.412 e. The normalized spacial score (nSPS) is 10.1. The summed E-state index contributed by atoms with van der Waals surface area (Å²) in [7, 11) is 1.44. The Kier molecular flexibility index (Phi) is 4.35. The summed E-state index contributed by atoms with van der Waals surface area (Å²) in [5.41, 5.74) is 0.732. The van der Waals surface area contributed by atoms with Crippen LogP contribution in [0.25, 0.3) is 0 Å². The molecule has 2 aromatic carbocycles. The minimum atomic E-state index is -1.10. The van der Waals surface area contributed by atoms with Crippen LogP contribution in [0.5, 0.6) is 0 Å². The van der Waals surface area contributed by atoms with Gasteiger partial charge in [0.15, 0.2) is 11.6 Å². The van der Waals surface area contributed by atoms with Gasteiger partial charge in [-0.2, -0.15) is 0 Å². The van der Waals surface area contributed by atoms with Gasteiger partial charge in [0.2, 0.25) is 0 Å². The van der Waals surface area contributed by atoms with Crippen LogP contribution in [0.2, 0.25) is 0 Å². The van der Waals surface area contributed by atoms with Crippen molar-refractivity contribution in [2.45, 2.75) is 6.61 Å². The molecule has 102 valence electrons. The molecule has 2 aromatic rings. The van der Waals surface area contributed by atoms with Gasteiger partial charge in [-0.15, -0.1) is 0 Å². The number of hydrogen-bond acceptors (Lipinski definition) is 2. The van der Waals surface area contributed by atoms with Gasteiger partial charge >= 0.3 is 6.09 Å². The summed E-state index contributed by atoms with van der Waals surface area (Å²) in [6.45, 7) is 0.0582. The zero-order valence-electron chi connectivity index (χ0n) is 10.8. The molecule has 0 atom stereocenters. The third-order valence-corrected chi connectivity index (χ3v) is 2.72. The van der Waals surface area contributed by atoms with Crippen molar-refractivity contribution in [2.24, 2.45) is 0 Å². The summed E-state index contributed by atoms with van der Waals surface area (Å²) in [6, 6.07) is 11.7. The molecule has 0 aliphatic heterocycles. The van der Waals surface area contributed by atoms with Crippen LogP contribution in [0, 0.1) is 11.6 Å². The van der Waals surface area contributed by atoms with Crippen molar-refractivity contribution >= 4 is 25.1 Å². The zero-order valence-corrected chi connectivity index (χ0v) is 10.8. The lowest BCUT2D eigenvalue weighted by Crippen LogP contribution is -2.18. The average molecular weight is 275 g/mol. The molecule has 20 heavy (non-hydrogen) atoms. The molecular weight excluding hydrogens is 263 g/mol. The first-order chi connectivity index (χ1) is 9.58. The van der Waals surface area contributed by atoms with Gasteiger partial charge in [-0.1, -0.05) is 41.9 Å². The number of benzene rings is 2. The zero-order chi connectivity index (χ0) is 14.5. The minimum Gasteiger partial charge on any atom is -0.444 e. The number of anilines is 1. The maximum absolute atomic E-state index is 13.5. The number of amides is 1. The van der Waals surface area contributed by atoms with Gasteiger partial charge in [0, 0.05) is 0 Å². The number of ether oxygens (including phenoxy) is 1. The number of carbonyl (C=O) groups excluding carboxylic acids is 1. The molecule has 2 rings (SSSR count). The molecule has 0 spiro atoms. The lowest BCUT2D eigenvalue weighted by Gasteiger charge is -2.09. The van der Waals surface area contributed by atoms with Crippen molar-refractivity contribution in [1.29, 1.82) is 0 Å². The molecule has 1 N–H and O–H groups in total. The van der Waals surface area contributed by atoms with Gasteiger partial charge in [-0.25, -0.2) is 13.6 Å². The monoisotopic (exact) mass is 275 g/mol. The van der Waals surface area contributed by atoms with E-state index in [2.05, 4.69) is 5.32 Å². The number of halogens is 2. The van der Waals surface area contributed by atoms with Crippen molar-refractivity contribution in [1.82, 2.24) is 0 Å². The molecule has 0 heterocycles. The second-order valence-corrected chi connectivity index (χ2v) is 4.24. The van der Waals surface area contributed by atoms with E-state index < -0.39 is 17.7 Å². The second kappa shape index (κ2) is 6.19. The van der Waals surface area contributed by atoms with Crippen LogP contribution in [0.1, 0.15) is 5.56 Å². The van der Waals surface area contributed by atoms with E-state index in [1.54, 1.807) is 12.1 Å². The van der Waals surface area contributed by atoms with Crippen molar-refractivity contribution in [2.75, 3.05) is 5.32 Å². The lowest BCUT2D eigenvalue weighted by atomic mass is 9.95. The molecule has 0 unspecified atom stereocenters. The summed E-state index contributed by atoms with van der Waals surface area (Å²) < 4.78 is 31.8. The summed E-state index contributed by atoms with van der Waals surface area (Å²) >= 11 is 0. The smallest absolute Gasteiger partial charge is 0.412 e. The molecule has 0 fully saturated rings. The largest absolute Gasteiger partial charge is 0.444 e. The van der Waals surface area contributed by atoms with E-state index in [-0.39, 0.29) is 17.8 Å². The molecule has 6 heteroatoms. The minimum absolute atomic E-state index is 0.0582. The Balaban J connectivity index is 1.97. The molecule has 0 radical (unpaired) electrons. The van der Waals surface area contributed by atoms with E-state index in [1.165, 1.54) is 20.0 Å². The Morgan fingerprint density at radius 2 is 1.80 bits per heavy atom. The number of hydrogen-bond donors (Lipinski definition) is 1. The fourth-order valence-electron chi connectivity index (χ4n) is 1.61. The summed E-state index contributed by atoms with van der Waals surface area (Å²) in [5, 5.41) is 2.17. The number of rotatable bonds is 3. The molecule has 1 amide bonds. The van der Waals surface area contributed by atoms with Crippen LogP contribution in [0.3, 0.4) is 0 Å². The Morgan fingerprint density at radius 3 is 2.50 bits per heavy atom. The van der Waals surface area contributed by atoms with Crippen LogP contribution in [-0.2, 0) is 11.3 Å². The lowest BCUT2D eigenvalue weighted by molar-refractivity contribution is 0.155. The fourth-order valence-corrected chi connectivity index (χ4v) is 1.61. The standard InChI is InChI=1S/C14H12BF2NO2/c15-10-6-7-11(13(17)12(10)16)18-14(19)20-8-9-4-2-1-3-5-9/h1-7H,8,15H2,(H,18,19). The molecular formula is C14H12BF2NO2. The van der Waals surface area contributed by atoms with Gasteiger partial charge < -0.3 is 4.74 Å². The Hall–Kier alpha value is -2.37. The highest BCUT2D eigenvalue weighted by Crippen LogP contribution is 2.15. The first kappa shape index (κ1) is 14.1. The van der Waals surface area contributed by atoms with Crippen LogP contribution in [-0.4, -0.2) is 13.9 Å². The molecule has 3 nitrogen and oxygen atoms in total. The Labute approximate surface area is 116 Å². The first-order valence-electron chi connectivity index (χ1n) is 6.00. The van der Waals surface area contributed by atoms with Crippen LogP contribution >= 0.6 is 0 Å². The van der Waals surface area contributed by atoms with Crippen molar-refractivity contribution < 1.29 is 18.3 Å². The van der Waals surface area contributed by atoms with E-state index >= 15 is 0 Å². The molecule has 0 bridgehead atoms. The summed E-state index contributed by atoms with van der Waals surface area (Å²) in [5.74, 6) is -2.08. The molecule has 0 aliphatic carbocycles. The first-order valence-corrected chi connectivity index (χ1v) is 6.00. The van der Waals surface area contributed by atoms with Crippen LogP contribution in [0.15, 0.2) is 42.5 Å². The van der Waals surface area contributed by atoms with Crippen molar-refractivity contribution in [3.8, 4) is 0 Å². The van der Waals surface area contributed by atoms with Gasteiger partial charge in [0.1, 0.15) is 14.5 Å². The number of carbonyl (C=O) groups is 1. The third-order valence-electron chi connectivity index (χ3n) is 2.72. The van der Waals surface area contributed by atoms with Crippen LogP contribution < -0.4 is 10.8 Å². The highest BCUT2D eigenvalue weighted by atomic mass is 19.2. The van der Waals surface area contributed by atoms with Crippen LogP contribution in [0.4, 0.5) is 19.3 Å². The average Bonchev–Trinajstić information content (AvgIpc) is 2.47. The summed E-state index contributed by atoms with van der Waals surface area (Å²) in [4.78, 5) is 11.5.